The maximum absolute atomic E-state index is 4.64. The van der Waals surface area contributed by atoms with Crippen LogP contribution in [-0.4, -0.2) is 40.0 Å². The molecular formula is C18H26N4. The minimum atomic E-state index is 0.571. The van der Waals surface area contributed by atoms with Crippen molar-refractivity contribution in [2.24, 2.45) is 0 Å². The maximum atomic E-state index is 4.64. The van der Waals surface area contributed by atoms with E-state index in [0.717, 1.165) is 23.0 Å². The molecule has 2 aromatic rings. The van der Waals surface area contributed by atoms with E-state index in [1.165, 1.54) is 58.0 Å². The van der Waals surface area contributed by atoms with Crippen LogP contribution in [0.2, 0.25) is 0 Å². The van der Waals surface area contributed by atoms with Gasteiger partial charge in [-0.05, 0) is 63.7 Å². The van der Waals surface area contributed by atoms with Crippen LogP contribution in [-0.2, 0) is 0 Å². The number of piperidine rings is 1. The maximum Gasteiger partial charge on any atom is 0.201 e. The molecule has 1 aromatic carbocycles. The summed E-state index contributed by atoms with van der Waals surface area (Å²) in [4.78, 5) is 10.8. The van der Waals surface area contributed by atoms with Gasteiger partial charge < -0.3 is 15.2 Å². The molecule has 1 saturated carbocycles. The third-order valence-corrected chi connectivity index (χ3v) is 5.33. The molecule has 2 fully saturated rings. The zero-order chi connectivity index (χ0) is 14.8. The lowest BCUT2D eigenvalue weighted by Crippen LogP contribution is -2.43. The van der Waals surface area contributed by atoms with Crippen LogP contribution in [0.25, 0.3) is 11.0 Å². The Morgan fingerprint density at radius 1 is 1.00 bits per heavy atom. The summed E-state index contributed by atoms with van der Waals surface area (Å²) in [5.41, 5.74) is 2.17. The Labute approximate surface area is 132 Å². The molecule has 118 valence electrons. The molecule has 4 heteroatoms. The molecule has 1 aromatic heterocycles. The second-order valence-corrected chi connectivity index (χ2v) is 6.85. The molecule has 2 aliphatic rings. The fourth-order valence-electron chi connectivity index (χ4n) is 4.08. The van der Waals surface area contributed by atoms with Crippen molar-refractivity contribution >= 4 is 17.0 Å². The van der Waals surface area contributed by atoms with Crippen LogP contribution >= 0.6 is 0 Å². The lowest BCUT2D eigenvalue weighted by molar-refractivity contribution is 0.127. The Hall–Kier alpha value is -1.55. The smallest absolute Gasteiger partial charge is 0.201 e. The number of fused-ring (bicyclic) bond motifs is 1. The standard InChI is InChI=1S/C18H26N4/c1-4-12-22(13-5-1)15-10-8-14(9-11-15)19-18-20-16-6-2-3-7-17(16)21-18/h2-3,6-7,14-15H,1,4-5,8-13H2,(H2,19,20,21). The van der Waals surface area contributed by atoms with E-state index in [1.54, 1.807) is 0 Å². The van der Waals surface area contributed by atoms with Gasteiger partial charge in [0.15, 0.2) is 0 Å². The summed E-state index contributed by atoms with van der Waals surface area (Å²) < 4.78 is 0. The highest BCUT2D eigenvalue weighted by Crippen LogP contribution is 2.27. The molecule has 22 heavy (non-hydrogen) atoms. The van der Waals surface area contributed by atoms with E-state index in [1.807, 2.05) is 12.1 Å². The number of benzene rings is 1. The Morgan fingerprint density at radius 2 is 1.77 bits per heavy atom. The summed E-state index contributed by atoms with van der Waals surface area (Å²) in [7, 11) is 0. The van der Waals surface area contributed by atoms with Crippen LogP contribution in [0.15, 0.2) is 24.3 Å². The second-order valence-electron chi connectivity index (χ2n) is 6.85. The van der Waals surface area contributed by atoms with Gasteiger partial charge in [-0.2, -0.15) is 0 Å². The number of likely N-dealkylation sites (tertiary alicyclic amines) is 1. The summed E-state index contributed by atoms with van der Waals surface area (Å²) in [5, 5.41) is 3.61. The topological polar surface area (TPSA) is 44.0 Å². The molecule has 0 amide bonds. The number of aromatic amines is 1. The van der Waals surface area contributed by atoms with E-state index in [-0.39, 0.29) is 0 Å². The van der Waals surface area contributed by atoms with Crippen molar-refractivity contribution in [2.45, 2.75) is 57.0 Å². The summed E-state index contributed by atoms with van der Waals surface area (Å²) in [5.74, 6) is 0.933. The molecular weight excluding hydrogens is 272 g/mol. The van der Waals surface area contributed by atoms with E-state index in [9.17, 15) is 0 Å². The molecule has 1 aliphatic carbocycles. The van der Waals surface area contributed by atoms with Crippen molar-refractivity contribution in [3.05, 3.63) is 24.3 Å². The predicted octanol–water partition coefficient (Wildman–Crippen LogP) is 3.77. The first-order valence-electron chi connectivity index (χ1n) is 8.84. The van der Waals surface area contributed by atoms with Crippen molar-refractivity contribution in [1.82, 2.24) is 14.9 Å². The van der Waals surface area contributed by atoms with Crippen molar-refractivity contribution in [1.29, 1.82) is 0 Å². The molecule has 2 N–H and O–H groups in total. The summed E-state index contributed by atoms with van der Waals surface area (Å²) >= 11 is 0. The van der Waals surface area contributed by atoms with E-state index < -0.39 is 0 Å². The zero-order valence-electron chi connectivity index (χ0n) is 13.2. The lowest BCUT2D eigenvalue weighted by atomic mass is 9.89. The molecule has 4 nitrogen and oxygen atoms in total. The van der Waals surface area contributed by atoms with Gasteiger partial charge in [0.25, 0.3) is 0 Å². The quantitative estimate of drug-likeness (QED) is 0.906. The van der Waals surface area contributed by atoms with Gasteiger partial charge >= 0.3 is 0 Å². The van der Waals surface area contributed by atoms with E-state index in [2.05, 4.69) is 32.3 Å². The van der Waals surface area contributed by atoms with Crippen LogP contribution in [0.5, 0.6) is 0 Å². The number of imidazole rings is 1. The van der Waals surface area contributed by atoms with Crippen LogP contribution in [0, 0.1) is 0 Å². The molecule has 1 aliphatic heterocycles. The van der Waals surface area contributed by atoms with Crippen molar-refractivity contribution in [2.75, 3.05) is 18.4 Å². The average Bonchev–Trinajstić information content (AvgIpc) is 2.98. The molecule has 0 unspecified atom stereocenters. The highest BCUT2D eigenvalue weighted by Gasteiger charge is 2.26. The van der Waals surface area contributed by atoms with Crippen LogP contribution in [0.4, 0.5) is 5.95 Å². The van der Waals surface area contributed by atoms with Crippen LogP contribution in [0.3, 0.4) is 0 Å². The SMILES string of the molecule is c1ccc2[nH]c(NC3CCC(N4CCCCC4)CC3)nc2c1. The third kappa shape index (κ3) is 2.98. The molecule has 4 rings (SSSR count). The number of aromatic nitrogens is 2. The number of hydrogen-bond acceptors (Lipinski definition) is 3. The average molecular weight is 298 g/mol. The Bertz CT molecular complexity index is 573. The number of H-pyrrole nitrogens is 1. The lowest BCUT2D eigenvalue weighted by Gasteiger charge is -2.39. The highest BCUT2D eigenvalue weighted by atomic mass is 15.2. The van der Waals surface area contributed by atoms with E-state index in [4.69, 9.17) is 0 Å². The first-order chi connectivity index (χ1) is 10.9. The Balaban J connectivity index is 1.33. The normalized spacial score (nSPS) is 27.1. The van der Waals surface area contributed by atoms with Crippen LogP contribution in [0.1, 0.15) is 44.9 Å². The molecule has 1 saturated heterocycles. The number of rotatable bonds is 3. The molecule has 2 heterocycles. The number of anilines is 1. The Kier molecular flexibility index (Phi) is 4.02. The first kappa shape index (κ1) is 14.1. The summed E-state index contributed by atoms with van der Waals surface area (Å²) in [6.45, 7) is 2.65. The summed E-state index contributed by atoms with van der Waals surface area (Å²) in [6.07, 6.45) is 9.42. The van der Waals surface area contributed by atoms with Gasteiger partial charge in [0, 0.05) is 12.1 Å². The highest BCUT2D eigenvalue weighted by molar-refractivity contribution is 5.77. The van der Waals surface area contributed by atoms with Gasteiger partial charge in [0.05, 0.1) is 11.0 Å². The van der Waals surface area contributed by atoms with Crippen molar-refractivity contribution in [3.8, 4) is 0 Å². The minimum absolute atomic E-state index is 0.571. The zero-order valence-corrected chi connectivity index (χ0v) is 13.2. The van der Waals surface area contributed by atoms with Gasteiger partial charge in [-0.1, -0.05) is 18.6 Å². The molecule has 0 spiro atoms. The first-order valence-corrected chi connectivity index (χ1v) is 8.84. The van der Waals surface area contributed by atoms with Gasteiger partial charge in [-0.25, -0.2) is 4.98 Å². The second kappa shape index (κ2) is 6.29. The number of hydrogen-bond donors (Lipinski definition) is 2. The van der Waals surface area contributed by atoms with Crippen molar-refractivity contribution in [3.63, 3.8) is 0 Å². The molecule has 0 atom stereocenters. The molecule has 0 radical (unpaired) electrons. The van der Waals surface area contributed by atoms with Gasteiger partial charge in [0.1, 0.15) is 0 Å². The van der Waals surface area contributed by atoms with E-state index >= 15 is 0 Å². The van der Waals surface area contributed by atoms with Gasteiger partial charge in [-0.3, -0.25) is 0 Å². The molecule has 0 bridgehead atoms. The Morgan fingerprint density at radius 3 is 2.55 bits per heavy atom. The number of para-hydroxylation sites is 2. The predicted molar refractivity (Wildman–Crippen MR) is 91.2 cm³/mol. The largest absolute Gasteiger partial charge is 0.353 e. The van der Waals surface area contributed by atoms with Gasteiger partial charge in [0.2, 0.25) is 5.95 Å². The van der Waals surface area contributed by atoms with Crippen molar-refractivity contribution < 1.29 is 0 Å². The monoisotopic (exact) mass is 298 g/mol. The van der Waals surface area contributed by atoms with Crippen LogP contribution < -0.4 is 5.32 Å². The minimum Gasteiger partial charge on any atom is -0.353 e. The third-order valence-electron chi connectivity index (χ3n) is 5.33. The summed E-state index contributed by atoms with van der Waals surface area (Å²) in [6, 6.07) is 9.63. The van der Waals surface area contributed by atoms with E-state index in [0.29, 0.717) is 6.04 Å². The van der Waals surface area contributed by atoms with Gasteiger partial charge in [-0.15, -0.1) is 0 Å². The fourth-order valence-corrected chi connectivity index (χ4v) is 4.08. The fraction of sp³-hybridized carbons (Fsp3) is 0.611. The number of nitrogens with one attached hydrogen (secondary N) is 2. The number of nitrogens with zero attached hydrogens (tertiary/aromatic N) is 2.